The van der Waals surface area contributed by atoms with E-state index in [0.29, 0.717) is 13.2 Å². The molecule has 0 radical (unpaired) electrons. The van der Waals surface area contributed by atoms with Crippen LogP contribution in [-0.4, -0.2) is 48.9 Å². The van der Waals surface area contributed by atoms with Gasteiger partial charge in [-0.1, -0.05) is 12.8 Å². The largest absolute Gasteiger partial charge is 0.381 e. The molecule has 1 saturated heterocycles. The highest BCUT2D eigenvalue weighted by atomic mass is 16.5. The third-order valence-corrected chi connectivity index (χ3v) is 5.33. The van der Waals surface area contributed by atoms with E-state index < -0.39 is 0 Å². The maximum absolute atomic E-state index is 12.3. The molecule has 2 atom stereocenters. The molecular formula is C18H28N2O4. The van der Waals surface area contributed by atoms with Crippen LogP contribution in [0.4, 0.5) is 0 Å². The minimum Gasteiger partial charge on any atom is -0.381 e. The molecule has 24 heavy (non-hydrogen) atoms. The normalized spacial score (nSPS) is 26.6. The predicted octanol–water partition coefficient (Wildman–Crippen LogP) is 1.48. The van der Waals surface area contributed by atoms with Gasteiger partial charge in [0.1, 0.15) is 0 Å². The van der Waals surface area contributed by atoms with Crippen molar-refractivity contribution < 1.29 is 19.1 Å². The number of nitrogens with zero attached hydrogens (tertiary/aromatic N) is 1. The van der Waals surface area contributed by atoms with Crippen molar-refractivity contribution >= 4 is 17.7 Å². The van der Waals surface area contributed by atoms with Crippen LogP contribution >= 0.6 is 0 Å². The molecule has 1 N–H and O–H groups in total. The Hall–Kier alpha value is -1.43. The summed E-state index contributed by atoms with van der Waals surface area (Å²) in [5, 5.41) is 2.83. The van der Waals surface area contributed by atoms with Crippen LogP contribution in [0.3, 0.4) is 0 Å². The van der Waals surface area contributed by atoms with Gasteiger partial charge in [0, 0.05) is 32.7 Å². The number of amides is 3. The average Bonchev–Trinajstić information content (AvgIpc) is 3.38. The van der Waals surface area contributed by atoms with Crippen molar-refractivity contribution in [2.24, 2.45) is 17.8 Å². The van der Waals surface area contributed by atoms with Crippen molar-refractivity contribution in [2.75, 3.05) is 26.3 Å². The lowest BCUT2D eigenvalue weighted by atomic mass is 9.81. The minimum atomic E-state index is -0.127. The van der Waals surface area contributed by atoms with Gasteiger partial charge in [-0.3, -0.25) is 19.3 Å². The van der Waals surface area contributed by atoms with Crippen LogP contribution in [0.5, 0.6) is 0 Å². The fourth-order valence-corrected chi connectivity index (χ4v) is 3.69. The summed E-state index contributed by atoms with van der Waals surface area (Å²) in [6.07, 6.45) is 7.25. The van der Waals surface area contributed by atoms with Crippen LogP contribution in [-0.2, 0) is 19.1 Å². The first-order valence-corrected chi connectivity index (χ1v) is 9.36. The number of carbonyl (C=O) groups excluding carboxylic acids is 3. The van der Waals surface area contributed by atoms with Gasteiger partial charge in [-0.15, -0.1) is 0 Å². The SMILES string of the molecule is O=C(CCN1C(=O)C2CCCCC2C1=O)NCCCOCC1CC1. The summed E-state index contributed by atoms with van der Waals surface area (Å²) in [5.74, 6) is 0.277. The number of hydrogen-bond donors (Lipinski definition) is 1. The van der Waals surface area contributed by atoms with Crippen LogP contribution in [0.15, 0.2) is 0 Å². The van der Waals surface area contributed by atoms with Gasteiger partial charge in [0.2, 0.25) is 17.7 Å². The van der Waals surface area contributed by atoms with E-state index in [-0.39, 0.29) is 42.5 Å². The number of fused-ring (bicyclic) bond motifs is 1. The van der Waals surface area contributed by atoms with Gasteiger partial charge in [0.15, 0.2) is 0 Å². The number of rotatable bonds is 9. The van der Waals surface area contributed by atoms with Crippen LogP contribution in [0, 0.1) is 17.8 Å². The van der Waals surface area contributed by atoms with Crippen molar-refractivity contribution in [3.63, 3.8) is 0 Å². The molecule has 0 aromatic heterocycles. The third-order valence-electron chi connectivity index (χ3n) is 5.33. The molecule has 0 spiro atoms. The highest BCUT2D eigenvalue weighted by molar-refractivity contribution is 6.05. The van der Waals surface area contributed by atoms with Gasteiger partial charge < -0.3 is 10.1 Å². The number of hydrogen-bond acceptors (Lipinski definition) is 4. The van der Waals surface area contributed by atoms with Crippen molar-refractivity contribution in [2.45, 2.75) is 51.4 Å². The van der Waals surface area contributed by atoms with Gasteiger partial charge in [-0.25, -0.2) is 0 Å². The Morgan fingerprint density at radius 2 is 1.75 bits per heavy atom. The van der Waals surface area contributed by atoms with Crippen LogP contribution in [0.1, 0.15) is 51.4 Å². The standard InChI is InChI=1S/C18H28N2O4/c21-16(19-9-3-11-24-12-13-6-7-13)8-10-20-17(22)14-4-1-2-5-15(14)18(20)23/h13-15H,1-12H2,(H,19,21). The maximum atomic E-state index is 12.3. The van der Waals surface area contributed by atoms with E-state index in [2.05, 4.69) is 5.32 Å². The number of likely N-dealkylation sites (tertiary alicyclic amines) is 1. The fraction of sp³-hybridized carbons (Fsp3) is 0.833. The second-order valence-electron chi connectivity index (χ2n) is 7.30. The molecule has 3 fully saturated rings. The van der Waals surface area contributed by atoms with Crippen molar-refractivity contribution in [3.8, 4) is 0 Å². The summed E-state index contributed by atoms with van der Waals surface area (Å²) in [5.41, 5.74) is 0. The highest BCUT2D eigenvalue weighted by Crippen LogP contribution is 2.37. The van der Waals surface area contributed by atoms with Crippen molar-refractivity contribution in [3.05, 3.63) is 0 Å². The van der Waals surface area contributed by atoms with E-state index in [1.54, 1.807) is 0 Å². The number of imide groups is 1. The summed E-state index contributed by atoms with van der Waals surface area (Å²) in [4.78, 5) is 37.8. The fourth-order valence-electron chi connectivity index (χ4n) is 3.69. The second kappa shape index (κ2) is 8.10. The quantitative estimate of drug-likeness (QED) is 0.511. The molecule has 2 aliphatic carbocycles. The lowest BCUT2D eigenvalue weighted by Gasteiger charge is -2.19. The van der Waals surface area contributed by atoms with Crippen molar-refractivity contribution in [1.29, 1.82) is 0 Å². The second-order valence-corrected chi connectivity index (χ2v) is 7.30. The Morgan fingerprint density at radius 1 is 1.08 bits per heavy atom. The zero-order valence-corrected chi connectivity index (χ0v) is 14.3. The molecule has 0 aromatic carbocycles. The van der Waals surface area contributed by atoms with Gasteiger partial charge in [0.25, 0.3) is 0 Å². The molecule has 3 amide bonds. The van der Waals surface area contributed by atoms with Gasteiger partial charge in [0.05, 0.1) is 11.8 Å². The summed E-state index contributed by atoms with van der Waals surface area (Å²) in [7, 11) is 0. The molecule has 1 aliphatic heterocycles. The molecule has 1 heterocycles. The molecule has 2 unspecified atom stereocenters. The third kappa shape index (κ3) is 4.35. The predicted molar refractivity (Wildman–Crippen MR) is 88.0 cm³/mol. The topological polar surface area (TPSA) is 75.7 Å². The molecule has 6 heteroatoms. The Morgan fingerprint density at radius 3 is 2.38 bits per heavy atom. The van der Waals surface area contributed by atoms with Crippen LogP contribution < -0.4 is 5.32 Å². The summed E-state index contributed by atoms with van der Waals surface area (Å²) in [6.45, 7) is 2.31. The molecular weight excluding hydrogens is 308 g/mol. The Bertz CT molecular complexity index is 465. The van der Waals surface area contributed by atoms with Crippen LogP contribution in [0.2, 0.25) is 0 Å². The lowest BCUT2D eigenvalue weighted by Crippen LogP contribution is -2.35. The highest BCUT2D eigenvalue weighted by Gasteiger charge is 2.47. The zero-order chi connectivity index (χ0) is 16.9. The Labute approximate surface area is 143 Å². The smallest absolute Gasteiger partial charge is 0.233 e. The maximum Gasteiger partial charge on any atom is 0.233 e. The molecule has 134 valence electrons. The van der Waals surface area contributed by atoms with Gasteiger partial charge in [-0.2, -0.15) is 0 Å². The minimum absolute atomic E-state index is 0.0639. The first kappa shape index (κ1) is 17.4. The molecule has 3 rings (SSSR count). The summed E-state index contributed by atoms with van der Waals surface area (Å²) >= 11 is 0. The van der Waals surface area contributed by atoms with Gasteiger partial charge in [-0.05, 0) is 38.0 Å². The number of nitrogens with one attached hydrogen (secondary N) is 1. The first-order valence-electron chi connectivity index (χ1n) is 9.36. The van der Waals surface area contributed by atoms with Crippen molar-refractivity contribution in [1.82, 2.24) is 10.2 Å². The van der Waals surface area contributed by atoms with Gasteiger partial charge >= 0.3 is 0 Å². The van der Waals surface area contributed by atoms with Crippen LogP contribution in [0.25, 0.3) is 0 Å². The lowest BCUT2D eigenvalue weighted by molar-refractivity contribution is -0.140. The first-order chi connectivity index (χ1) is 11.7. The molecule has 3 aliphatic rings. The van der Waals surface area contributed by atoms with E-state index in [1.165, 1.54) is 17.7 Å². The Balaban J connectivity index is 1.30. The summed E-state index contributed by atoms with van der Waals surface area (Å²) < 4.78 is 5.51. The van der Waals surface area contributed by atoms with E-state index in [4.69, 9.17) is 4.74 Å². The molecule has 0 bridgehead atoms. The number of ether oxygens (including phenoxy) is 1. The van der Waals surface area contributed by atoms with E-state index >= 15 is 0 Å². The van der Waals surface area contributed by atoms with E-state index in [1.807, 2.05) is 0 Å². The zero-order valence-electron chi connectivity index (χ0n) is 14.3. The average molecular weight is 336 g/mol. The Kier molecular flexibility index (Phi) is 5.87. The van der Waals surface area contributed by atoms with E-state index in [0.717, 1.165) is 44.6 Å². The number of carbonyl (C=O) groups is 3. The molecule has 6 nitrogen and oxygen atoms in total. The molecule has 2 saturated carbocycles. The monoisotopic (exact) mass is 336 g/mol. The molecule has 0 aromatic rings. The van der Waals surface area contributed by atoms with E-state index in [9.17, 15) is 14.4 Å². The summed E-state index contributed by atoms with van der Waals surface area (Å²) in [6, 6.07) is 0.